The van der Waals surface area contributed by atoms with E-state index in [4.69, 9.17) is 4.74 Å². The highest BCUT2D eigenvalue weighted by atomic mass is 16.5. The summed E-state index contributed by atoms with van der Waals surface area (Å²) in [5.74, 6) is 0.731. The van der Waals surface area contributed by atoms with Crippen LogP contribution in [0.15, 0.2) is 48.5 Å². The third-order valence-electron chi connectivity index (χ3n) is 3.97. The molecular weight excluding hydrogens is 326 g/mol. The smallest absolute Gasteiger partial charge is 0.221 e. The number of allylic oxidation sites excluding steroid dienone is 1. The second kappa shape index (κ2) is 8.99. The molecule has 0 aromatic heterocycles. The molecule has 0 radical (unpaired) electrons. The number of carbonyl (C=O) groups excluding carboxylic acids is 2. The molecule has 0 bridgehead atoms. The number of methoxy groups -OCH3 is 1. The van der Waals surface area contributed by atoms with Crippen molar-refractivity contribution in [2.75, 3.05) is 12.4 Å². The Hall–Kier alpha value is -2.88. The Morgan fingerprint density at radius 2 is 1.69 bits per heavy atom. The van der Waals surface area contributed by atoms with Crippen LogP contribution < -0.4 is 10.1 Å². The SMILES string of the molecule is CCCc1cc(/C(=C/C(C)=O)c2ccc(NC(C)=O)cc2)ccc1OC. The average Bonchev–Trinajstić information content (AvgIpc) is 2.60. The number of benzene rings is 2. The molecule has 4 nitrogen and oxygen atoms in total. The first-order valence-corrected chi connectivity index (χ1v) is 8.72. The van der Waals surface area contributed by atoms with Gasteiger partial charge in [-0.25, -0.2) is 0 Å². The Kier molecular flexibility index (Phi) is 6.73. The van der Waals surface area contributed by atoms with Gasteiger partial charge in [0.2, 0.25) is 5.91 Å². The van der Waals surface area contributed by atoms with Crippen LogP contribution in [0.25, 0.3) is 5.57 Å². The van der Waals surface area contributed by atoms with Gasteiger partial charge in [-0.3, -0.25) is 9.59 Å². The summed E-state index contributed by atoms with van der Waals surface area (Å²) in [5, 5.41) is 2.75. The van der Waals surface area contributed by atoms with Crippen LogP contribution in [0.1, 0.15) is 43.9 Å². The van der Waals surface area contributed by atoms with E-state index in [2.05, 4.69) is 18.3 Å². The first-order valence-electron chi connectivity index (χ1n) is 8.72. The monoisotopic (exact) mass is 351 g/mol. The summed E-state index contributed by atoms with van der Waals surface area (Å²) in [4.78, 5) is 23.0. The first-order chi connectivity index (χ1) is 12.4. The van der Waals surface area contributed by atoms with Gasteiger partial charge in [0.25, 0.3) is 0 Å². The molecule has 0 heterocycles. The van der Waals surface area contributed by atoms with Crippen molar-refractivity contribution in [2.24, 2.45) is 0 Å². The number of nitrogens with one attached hydrogen (secondary N) is 1. The van der Waals surface area contributed by atoms with Gasteiger partial charge >= 0.3 is 0 Å². The normalized spacial score (nSPS) is 11.2. The second-order valence-corrected chi connectivity index (χ2v) is 6.20. The fourth-order valence-corrected chi connectivity index (χ4v) is 2.88. The van der Waals surface area contributed by atoms with E-state index in [-0.39, 0.29) is 11.7 Å². The minimum absolute atomic E-state index is 0.0150. The topological polar surface area (TPSA) is 55.4 Å². The summed E-state index contributed by atoms with van der Waals surface area (Å²) in [7, 11) is 1.67. The highest BCUT2D eigenvalue weighted by molar-refractivity contribution is 5.99. The summed E-state index contributed by atoms with van der Waals surface area (Å²) in [6.45, 7) is 5.14. The van der Waals surface area contributed by atoms with E-state index < -0.39 is 0 Å². The van der Waals surface area contributed by atoms with Crippen molar-refractivity contribution < 1.29 is 14.3 Å². The molecule has 0 saturated heterocycles. The van der Waals surface area contributed by atoms with Crippen LogP contribution in [0.4, 0.5) is 5.69 Å². The number of carbonyl (C=O) groups is 2. The number of ether oxygens (including phenoxy) is 1. The lowest BCUT2D eigenvalue weighted by molar-refractivity contribution is -0.114. The molecule has 1 amide bonds. The molecular formula is C22H25NO3. The van der Waals surface area contributed by atoms with Gasteiger partial charge in [0.1, 0.15) is 5.75 Å². The van der Waals surface area contributed by atoms with Crippen LogP contribution in [0.3, 0.4) is 0 Å². The molecule has 1 N–H and O–H groups in total. The summed E-state index contributed by atoms with van der Waals surface area (Å²) in [6.07, 6.45) is 3.56. The molecule has 0 saturated carbocycles. The molecule has 4 heteroatoms. The zero-order valence-electron chi connectivity index (χ0n) is 15.8. The van der Waals surface area contributed by atoms with Crippen molar-refractivity contribution in [1.29, 1.82) is 0 Å². The maximum atomic E-state index is 11.8. The number of anilines is 1. The maximum absolute atomic E-state index is 11.8. The Morgan fingerprint density at radius 3 is 2.23 bits per heavy atom. The van der Waals surface area contributed by atoms with E-state index in [1.807, 2.05) is 36.4 Å². The van der Waals surface area contributed by atoms with Crippen LogP contribution in [0.5, 0.6) is 5.75 Å². The predicted molar refractivity (Wildman–Crippen MR) is 105 cm³/mol. The summed E-state index contributed by atoms with van der Waals surface area (Å²) in [5.41, 5.74) is 4.59. The molecule has 0 aliphatic heterocycles. The Balaban J connectivity index is 2.47. The van der Waals surface area contributed by atoms with Crippen molar-refractivity contribution in [1.82, 2.24) is 0 Å². The molecule has 0 unspecified atom stereocenters. The highest BCUT2D eigenvalue weighted by Gasteiger charge is 2.11. The third kappa shape index (κ3) is 5.06. The number of hydrogen-bond acceptors (Lipinski definition) is 3. The Bertz CT molecular complexity index is 820. The molecule has 0 aliphatic carbocycles. The minimum atomic E-state index is -0.114. The molecule has 2 aromatic carbocycles. The van der Waals surface area contributed by atoms with Crippen molar-refractivity contribution >= 4 is 23.0 Å². The Labute approximate surface area is 154 Å². The van der Waals surface area contributed by atoms with Crippen LogP contribution >= 0.6 is 0 Å². The maximum Gasteiger partial charge on any atom is 0.221 e. The summed E-state index contributed by atoms with van der Waals surface area (Å²) >= 11 is 0. The standard InChI is InChI=1S/C22H25NO3/c1-5-6-19-14-18(9-12-22(19)26-4)21(13-15(2)24)17-7-10-20(11-8-17)23-16(3)25/h7-14H,5-6H2,1-4H3,(H,23,25)/b21-13+. The molecule has 26 heavy (non-hydrogen) atoms. The van der Waals surface area contributed by atoms with Gasteiger partial charge in [-0.15, -0.1) is 0 Å². The third-order valence-corrected chi connectivity index (χ3v) is 3.97. The van der Waals surface area contributed by atoms with Gasteiger partial charge in [0, 0.05) is 12.6 Å². The second-order valence-electron chi connectivity index (χ2n) is 6.20. The van der Waals surface area contributed by atoms with Gasteiger partial charge in [-0.2, -0.15) is 0 Å². The van der Waals surface area contributed by atoms with E-state index in [1.165, 1.54) is 6.92 Å². The van der Waals surface area contributed by atoms with E-state index in [0.29, 0.717) is 0 Å². The zero-order chi connectivity index (χ0) is 19.1. The lowest BCUT2D eigenvalue weighted by atomic mass is 9.94. The molecule has 0 atom stereocenters. The highest BCUT2D eigenvalue weighted by Crippen LogP contribution is 2.29. The van der Waals surface area contributed by atoms with Gasteiger partial charge in [0.15, 0.2) is 5.78 Å². The molecule has 0 spiro atoms. The molecule has 136 valence electrons. The Morgan fingerprint density at radius 1 is 1.04 bits per heavy atom. The van der Waals surface area contributed by atoms with Crippen molar-refractivity contribution in [3.8, 4) is 5.75 Å². The lowest BCUT2D eigenvalue weighted by Gasteiger charge is -2.14. The minimum Gasteiger partial charge on any atom is -0.496 e. The molecule has 0 aliphatic rings. The predicted octanol–water partition coefficient (Wildman–Crippen LogP) is 4.63. The van der Waals surface area contributed by atoms with Crippen LogP contribution in [-0.4, -0.2) is 18.8 Å². The van der Waals surface area contributed by atoms with Gasteiger partial charge in [-0.05, 0) is 65.9 Å². The number of aryl methyl sites for hydroxylation is 1. The number of rotatable bonds is 7. The average molecular weight is 351 g/mol. The number of hydrogen-bond donors (Lipinski definition) is 1. The zero-order valence-corrected chi connectivity index (χ0v) is 15.8. The largest absolute Gasteiger partial charge is 0.496 e. The van der Waals surface area contributed by atoms with Crippen LogP contribution in [0.2, 0.25) is 0 Å². The van der Waals surface area contributed by atoms with E-state index in [9.17, 15) is 9.59 Å². The first kappa shape index (κ1) is 19.4. The fraction of sp³-hybridized carbons (Fsp3) is 0.273. The lowest BCUT2D eigenvalue weighted by Crippen LogP contribution is -2.05. The quantitative estimate of drug-likeness (QED) is 0.740. The van der Waals surface area contributed by atoms with Crippen molar-refractivity contribution in [2.45, 2.75) is 33.6 Å². The van der Waals surface area contributed by atoms with E-state index in [0.717, 1.165) is 46.5 Å². The molecule has 2 aromatic rings. The van der Waals surface area contributed by atoms with E-state index in [1.54, 1.807) is 20.1 Å². The van der Waals surface area contributed by atoms with Crippen LogP contribution in [-0.2, 0) is 16.0 Å². The van der Waals surface area contributed by atoms with Gasteiger partial charge in [-0.1, -0.05) is 31.5 Å². The van der Waals surface area contributed by atoms with Crippen molar-refractivity contribution in [3.05, 3.63) is 65.2 Å². The van der Waals surface area contributed by atoms with Gasteiger partial charge < -0.3 is 10.1 Å². The molecule has 2 rings (SSSR count). The molecule has 0 fully saturated rings. The van der Waals surface area contributed by atoms with Gasteiger partial charge in [0.05, 0.1) is 7.11 Å². The van der Waals surface area contributed by atoms with Crippen molar-refractivity contribution in [3.63, 3.8) is 0 Å². The number of ketones is 1. The van der Waals surface area contributed by atoms with E-state index >= 15 is 0 Å². The summed E-state index contributed by atoms with van der Waals surface area (Å²) < 4.78 is 5.45. The fourth-order valence-electron chi connectivity index (χ4n) is 2.88. The summed E-state index contributed by atoms with van der Waals surface area (Å²) in [6, 6.07) is 13.5. The van der Waals surface area contributed by atoms with Crippen LogP contribution in [0, 0.1) is 0 Å². The number of amides is 1.